The second kappa shape index (κ2) is 4.95. The topological polar surface area (TPSA) is 83.8 Å². The van der Waals surface area contributed by atoms with E-state index in [-0.39, 0.29) is 12.2 Å². The van der Waals surface area contributed by atoms with Gasteiger partial charge in [0.25, 0.3) is 0 Å². The SMILES string of the molecule is Fc1cc(-c2c[nH]c3nc(NCC4(F)CC4)ncc23)cn2ncnc12. The molecular weight excluding hydrogens is 328 g/mol. The first-order chi connectivity index (χ1) is 12.1. The number of H-pyrrole nitrogens is 1. The van der Waals surface area contributed by atoms with Crippen molar-refractivity contribution in [2.24, 2.45) is 0 Å². The first-order valence-electron chi connectivity index (χ1n) is 7.88. The van der Waals surface area contributed by atoms with E-state index in [1.54, 1.807) is 18.6 Å². The Labute approximate surface area is 140 Å². The Hall–Kier alpha value is -3.10. The van der Waals surface area contributed by atoms with Gasteiger partial charge in [-0.1, -0.05) is 0 Å². The second-order valence-corrected chi connectivity index (χ2v) is 6.27. The van der Waals surface area contributed by atoms with Crippen LogP contribution in [0.15, 0.2) is 31.0 Å². The predicted octanol–water partition coefficient (Wildman–Crippen LogP) is 2.72. The number of anilines is 1. The van der Waals surface area contributed by atoms with E-state index in [0.29, 0.717) is 30.0 Å². The Balaban J connectivity index is 1.52. The maximum absolute atomic E-state index is 14.1. The molecule has 1 aliphatic carbocycles. The van der Waals surface area contributed by atoms with E-state index in [1.807, 2.05) is 0 Å². The molecule has 0 atom stereocenters. The molecule has 0 spiro atoms. The van der Waals surface area contributed by atoms with Crippen LogP contribution in [-0.4, -0.2) is 41.8 Å². The highest BCUT2D eigenvalue weighted by atomic mass is 19.1. The summed E-state index contributed by atoms with van der Waals surface area (Å²) in [5.41, 5.74) is 1.03. The van der Waals surface area contributed by atoms with Crippen LogP contribution in [0, 0.1) is 5.82 Å². The standard InChI is InChI=1S/C16H13F2N7/c17-12-3-9(6-25-14(12)22-8-23-25)10-4-19-13-11(10)5-20-15(24-13)21-7-16(18)1-2-16/h3-6,8H,1-2,7H2,(H2,19,20,21,24). The summed E-state index contributed by atoms with van der Waals surface area (Å²) < 4.78 is 29.2. The molecule has 4 aromatic heterocycles. The zero-order chi connectivity index (χ0) is 17.0. The van der Waals surface area contributed by atoms with Gasteiger partial charge < -0.3 is 10.3 Å². The third-order valence-electron chi connectivity index (χ3n) is 4.43. The molecule has 0 radical (unpaired) electrons. The molecule has 9 heteroatoms. The van der Waals surface area contributed by atoms with E-state index in [1.165, 1.54) is 16.9 Å². The number of hydrogen-bond donors (Lipinski definition) is 2. The quantitative estimate of drug-likeness (QED) is 0.596. The summed E-state index contributed by atoms with van der Waals surface area (Å²) in [4.78, 5) is 15.5. The molecule has 0 aromatic carbocycles. The molecule has 2 N–H and O–H groups in total. The fourth-order valence-corrected chi connectivity index (χ4v) is 2.81. The second-order valence-electron chi connectivity index (χ2n) is 6.27. The van der Waals surface area contributed by atoms with Crippen molar-refractivity contribution in [2.45, 2.75) is 18.5 Å². The van der Waals surface area contributed by atoms with E-state index in [0.717, 1.165) is 10.9 Å². The number of alkyl halides is 1. The Morgan fingerprint density at radius 3 is 3.04 bits per heavy atom. The third kappa shape index (κ3) is 2.39. The van der Waals surface area contributed by atoms with Crippen LogP contribution in [0.1, 0.15) is 12.8 Å². The fraction of sp³-hybridized carbons (Fsp3) is 0.250. The molecule has 0 aliphatic heterocycles. The number of aromatic nitrogens is 6. The summed E-state index contributed by atoms with van der Waals surface area (Å²) in [5.74, 6) is -0.0935. The van der Waals surface area contributed by atoms with E-state index >= 15 is 0 Å². The first-order valence-corrected chi connectivity index (χ1v) is 7.88. The number of nitrogens with zero attached hydrogens (tertiary/aromatic N) is 5. The number of aromatic amines is 1. The third-order valence-corrected chi connectivity index (χ3v) is 4.43. The molecule has 25 heavy (non-hydrogen) atoms. The van der Waals surface area contributed by atoms with Crippen LogP contribution in [0.4, 0.5) is 14.7 Å². The fourth-order valence-electron chi connectivity index (χ4n) is 2.81. The lowest BCUT2D eigenvalue weighted by Gasteiger charge is -2.07. The molecule has 1 fully saturated rings. The van der Waals surface area contributed by atoms with Crippen LogP contribution in [0.25, 0.3) is 27.8 Å². The van der Waals surface area contributed by atoms with Gasteiger partial charge in [0.1, 0.15) is 17.6 Å². The minimum absolute atomic E-state index is 0.173. The molecule has 1 saturated carbocycles. The molecule has 4 aromatic rings. The van der Waals surface area contributed by atoms with Crippen molar-refractivity contribution in [1.82, 2.24) is 29.5 Å². The lowest BCUT2D eigenvalue weighted by molar-refractivity contribution is 0.326. The maximum atomic E-state index is 14.1. The molecule has 0 unspecified atom stereocenters. The van der Waals surface area contributed by atoms with Gasteiger partial charge in [-0.3, -0.25) is 0 Å². The molecule has 0 saturated heterocycles. The number of nitrogens with one attached hydrogen (secondary N) is 2. The largest absolute Gasteiger partial charge is 0.351 e. The zero-order valence-electron chi connectivity index (χ0n) is 13.0. The molecular formula is C16H13F2N7. The summed E-state index contributed by atoms with van der Waals surface area (Å²) >= 11 is 0. The normalized spacial score (nSPS) is 15.8. The molecule has 1 aliphatic rings. The van der Waals surface area contributed by atoms with Crippen molar-refractivity contribution in [2.75, 3.05) is 11.9 Å². The molecule has 0 bridgehead atoms. The van der Waals surface area contributed by atoms with Crippen LogP contribution in [0.2, 0.25) is 0 Å². The van der Waals surface area contributed by atoms with Gasteiger partial charge in [0, 0.05) is 35.1 Å². The van der Waals surface area contributed by atoms with Crippen LogP contribution >= 0.6 is 0 Å². The number of halogens is 2. The van der Waals surface area contributed by atoms with E-state index in [4.69, 9.17) is 0 Å². The maximum Gasteiger partial charge on any atom is 0.224 e. The zero-order valence-corrected chi connectivity index (χ0v) is 13.0. The van der Waals surface area contributed by atoms with Crippen molar-refractivity contribution in [3.8, 4) is 11.1 Å². The molecule has 4 heterocycles. The average Bonchev–Trinajstić information content (AvgIpc) is 3.02. The van der Waals surface area contributed by atoms with Crippen LogP contribution in [0.5, 0.6) is 0 Å². The minimum atomic E-state index is -1.12. The van der Waals surface area contributed by atoms with Crippen molar-refractivity contribution in [3.05, 3.63) is 36.8 Å². The Morgan fingerprint density at radius 1 is 1.32 bits per heavy atom. The van der Waals surface area contributed by atoms with Crippen molar-refractivity contribution in [1.29, 1.82) is 0 Å². The van der Waals surface area contributed by atoms with Crippen LogP contribution < -0.4 is 5.32 Å². The van der Waals surface area contributed by atoms with Crippen molar-refractivity contribution >= 4 is 22.6 Å². The van der Waals surface area contributed by atoms with Gasteiger partial charge in [-0.05, 0) is 18.9 Å². The summed E-state index contributed by atoms with van der Waals surface area (Å²) in [6.07, 6.45) is 7.52. The molecule has 126 valence electrons. The summed E-state index contributed by atoms with van der Waals surface area (Å²) in [7, 11) is 0. The number of fused-ring (bicyclic) bond motifs is 2. The van der Waals surface area contributed by atoms with Gasteiger partial charge >= 0.3 is 0 Å². The monoisotopic (exact) mass is 341 g/mol. The highest BCUT2D eigenvalue weighted by Gasteiger charge is 2.43. The smallest absolute Gasteiger partial charge is 0.224 e. The number of hydrogen-bond acceptors (Lipinski definition) is 5. The minimum Gasteiger partial charge on any atom is -0.351 e. The van der Waals surface area contributed by atoms with Crippen LogP contribution in [-0.2, 0) is 0 Å². The summed E-state index contributed by atoms with van der Waals surface area (Å²) in [6, 6.07) is 1.40. The predicted molar refractivity (Wildman–Crippen MR) is 87.4 cm³/mol. The van der Waals surface area contributed by atoms with Gasteiger partial charge in [-0.25, -0.2) is 23.3 Å². The van der Waals surface area contributed by atoms with Gasteiger partial charge in [0.15, 0.2) is 11.5 Å². The highest BCUT2D eigenvalue weighted by Crippen LogP contribution is 2.39. The lowest BCUT2D eigenvalue weighted by atomic mass is 10.1. The molecule has 5 rings (SSSR count). The highest BCUT2D eigenvalue weighted by molar-refractivity contribution is 5.93. The molecule has 7 nitrogen and oxygen atoms in total. The summed E-state index contributed by atoms with van der Waals surface area (Å²) in [6.45, 7) is 0.209. The lowest BCUT2D eigenvalue weighted by Crippen LogP contribution is -2.17. The van der Waals surface area contributed by atoms with Gasteiger partial charge in [0.2, 0.25) is 5.95 Å². The first kappa shape index (κ1) is 14.3. The Morgan fingerprint density at radius 2 is 2.20 bits per heavy atom. The average molecular weight is 341 g/mol. The molecule has 0 amide bonds. The Kier molecular flexibility index (Phi) is 2.82. The van der Waals surface area contributed by atoms with Gasteiger partial charge in [0.05, 0.1) is 6.54 Å². The van der Waals surface area contributed by atoms with Gasteiger partial charge in [-0.2, -0.15) is 10.1 Å². The van der Waals surface area contributed by atoms with E-state index < -0.39 is 11.5 Å². The van der Waals surface area contributed by atoms with Crippen molar-refractivity contribution < 1.29 is 8.78 Å². The number of rotatable bonds is 4. The van der Waals surface area contributed by atoms with Crippen LogP contribution in [0.3, 0.4) is 0 Å². The van der Waals surface area contributed by atoms with Gasteiger partial charge in [-0.15, -0.1) is 0 Å². The summed E-state index contributed by atoms with van der Waals surface area (Å²) in [5, 5.41) is 7.64. The Bertz CT molecular complexity index is 1100. The van der Waals surface area contributed by atoms with E-state index in [9.17, 15) is 8.78 Å². The van der Waals surface area contributed by atoms with E-state index in [2.05, 4.69) is 30.4 Å². The number of pyridine rings is 1. The van der Waals surface area contributed by atoms with Crippen molar-refractivity contribution in [3.63, 3.8) is 0 Å².